The molecule has 0 atom stereocenters. The molecule has 0 heterocycles. The van der Waals surface area contributed by atoms with Crippen LogP contribution in [0.1, 0.15) is 10.4 Å². The topological polar surface area (TPSA) is 84.6 Å². The highest BCUT2D eigenvalue weighted by Crippen LogP contribution is 2.31. The molecule has 0 aromatic heterocycles. The molecular formula is C20H14F4N2O3. The number of nitrogens with one attached hydrogen (secondary N) is 1. The number of hydrogen-bond acceptors (Lipinski definition) is 4. The smallest absolute Gasteiger partial charge is 0.478 e. The maximum atomic E-state index is 14.1. The number of alkyl halides is 3. The number of carboxylic acid groups (broad SMARTS) is 1. The molecule has 9 heteroatoms. The Labute approximate surface area is 162 Å². The van der Waals surface area contributed by atoms with E-state index in [1.807, 2.05) is 0 Å². The fourth-order valence-electron chi connectivity index (χ4n) is 2.63. The van der Waals surface area contributed by atoms with E-state index in [0.29, 0.717) is 11.1 Å². The summed E-state index contributed by atoms with van der Waals surface area (Å²) < 4.78 is 54.7. The van der Waals surface area contributed by atoms with E-state index in [2.05, 4.69) is 10.1 Å². The molecule has 0 bridgehead atoms. The Morgan fingerprint density at radius 3 is 2.28 bits per heavy atom. The molecule has 0 spiro atoms. The molecule has 3 rings (SSSR count). The molecule has 0 aliphatic rings. The van der Waals surface area contributed by atoms with Crippen molar-refractivity contribution in [1.82, 2.24) is 0 Å². The first-order valence-electron chi connectivity index (χ1n) is 8.17. The van der Waals surface area contributed by atoms with Gasteiger partial charge in [0.15, 0.2) is 0 Å². The minimum Gasteiger partial charge on any atom is -0.478 e. The van der Waals surface area contributed by atoms with Gasteiger partial charge in [0.1, 0.15) is 11.6 Å². The number of aromatic carboxylic acids is 1. The minimum absolute atomic E-state index is 0.00131. The highest BCUT2D eigenvalue weighted by Gasteiger charge is 2.30. The predicted molar refractivity (Wildman–Crippen MR) is 99.6 cm³/mol. The van der Waals surface area contributed by atoms with Crippen LogP contribution in [0.25, 0.3) is 11.1 Å². The largest absolute Gasteiger partial charge is 0.573 e. The van der Waals surface area contributed by atoms with E-state index < -0.39 is 23.9 Å². The molecule has 150 valence electrons. The van der Waals surface area contributed by atoms with Crippen molar-refractivity contribution >= 4 is 23.0 Å². The number of nitrogens with two attached hydrogens (primary N) is 1. The summed E-state index contributed by atoms with van der Waals surface area (Å²) in [6.07, 6.45) is -4.80. The van der Waals surface area contributed by atoms with Gasteiger partial charge < -0.3 is 20.9 Å². The Kier molecular flexibility index (Phi) is 5.31. The molecule has 0 saturated heterocycles. The van der Waals surface area contributed by atoms with Gasteiger partial charge in [-0.1, -0.05) is 12.1 Å². The Morgan fingerprint density at radius 2 is 1.66 bits per heavy atom. The van der Waals surface area contributed by atoms with Crippen molar-refractivity contribution in [3.63, 3.8) is 0 Å². The Hall–Kier alpha value is -3.75. The number of ether oxygens (including phenoxy) is 1. The Morgan fingerprint density at radius 1 is 0.966 bits per heavy atom. The van der Waals surface area contributed by atoms with Crippen molar-refractivity contribution in [2.24, 2.45) is 0 Å². The lowest BCUT2D eigenvalue weighted by molar-refractivity contribution is -0.274. The molecule has 0 amide bonds. The van der Waals surface area contributed by atoms with Crippen molar-refractivity contribution in [2.45, 2.75) is 6.36 Å². The number of carbonyl (C=O) groups is 1. The van der Waals surface area contributed by atoms with E-state index in [4.69, 9.17) is 10.8 Å². The first-order valence-corrected chi connectivity index (χ1v) is 8.17. The second kappa shape index (κ2) is 7.70. The lowest BCUT2D eigenvalue weighted by atomic mass is 10.0. The molecule has 0 radical (unpaired) electrons. The first kappa shape index (κ1) is 20.0. The Balaban J connectivity index is 1.89. The molecule has 0 saturated carbocycles. The number of hydrogen-bond donors (Lipinski definition) is 3. The van der Waals surface area contributed by atoms with Crippen molar-refractivity contribution in [3.05, 3.63) is 72.0 Å². The molecular weight excluding hydrogens is 392 g/mol. The van der Waals surface area contributed by atoms with E-state index in [9.17, 15) is 22.4 Å². The van der Waals surface area contributed by atoms with Crippen molar-refractivity contribution in [2.75, 3.05) is 11.1 Å². The van der Waals surface area contributed by atoms with Gasteiger partial charge in [0.05, 0.1) is 16.9 Å². The summed E-state index contributed by atoms with van der Waals surface area (Å²) in [4.78, 5) is 11.1. The monoisotopic (exact) mass is 406 g/mol. The SMILES string of the molecule is Nc1ccc(C(=O)O)cc1Nc1cc(F)cc(-c2ccc(OC(F)(F)F)cc2)c1. The van der Waals surface area contributed by atoms with Crippen LogP contribution >= 0.6 is 0 Å². The third-order valence-corrected chi connectivity index (χ3v) is 3.90. The Bertz CT molecular complexity index is 1050. The van der Waals surface area contributed by atoms with Gasteiger partial charge in [0.25, 0.3) is 0 Å². The van der Waals surface area contributed by atoms with Crippen LogP contribution in [-0.2, 0) is 0 Å². The van der Waals surface area contributed by atoms with Crippen molar-refractivity contribution in [1.29, 1.82) is 0 Å². The summed E-state index contributed by atoms with van der Waals surface area (Å²) in [6.45, 7) is 0. The third-order valence-electron chi connectivity index (χ3n) is 3.90. The highest BCUT2D eigenvalue weighted by atomic mass is 19.4. The van der Waals surface area contributed by atoms with Gasteiger partial charge in [-0.05, 0) is 59.7 Å². The van der Waals surface area contributed by atoms with Crippen LogP contribution in [0.15, 0.2) is 60.7 Å². The average Bonchev–Trinajstić information content (AvgIpc) is 2.62. The molecule has 4 N–H and O–H groups in total. The van der Waals surface area contributed by atoms with Gasteiger partial charge in [-0.3, -0.25) is 0 Å². The molecule has 0 unspecified atom stereocenters. The number of carboxylic acids is 1. The van der Waals surface area contributed by atoms with Crippen LogP contribution in [0.3, 0.4) is 0 Å². The van der Waals surface area contributed by atoms with Crippen LogP contribution < -0.4 is 15.8 Å². The zero-order valence-electron chi connectivity index (χ0n) is 14.6. The van der Waals surface area contributed by atoms with Gasteiger partial charge in [-0.2, -0.15) is 0 Å². The minimum atomic E-state index is -4.80. The average molecular weight is 406 g/mol. The predicted octanol–water partition coefficient (Wildman–Crippen LogP) is 5.42. The summed E-state index contributed by atoms with van der Waals surface area (Å²) in [5, 5.41) is 11.9. The molecule has 3 aromatic rings. The quantitative estimate of drug-likeness (QED) is 0.389. The zero-order valence-corrected chi connectivity index (χ0v) is 14.6. The highest BCUT2D eigenvalue weighted by molar-refractivity contribution is 5.91. The summed E-state index contributed by atoms with van der Waals surface area (Å²) in [6, 6.07) is 13.0. The molecule has 29 heavy (non-hydrogen) atoms. The number of halogens is 4. The van der Waals surface area contributed by atoms with Crippen molar-refractivity contribution < 1.29 is 32.2 Å². The summed E-state index contributed by atoms with van der Waals surface area (Å²) in [5.74, 6) is -2.14. The summed E-state index contributed by atoms with van der Waals surface area (Å²) in [7, 11) is 0. The van der Waals surface area contributed by atoms with Crippen LogP contribution in [0.5, 0.6) is 5.75 Å². The number of rotatable bonds is 5. The molecule has 3 aromatic carbocycles. The van der Waals surface area contributed by atoms with E-state index >= 15 is 0 Å². The van der Waals surface area contributed by atoms with Gasteiger partial charge in [0, 0.05) is 5.69 Å². The standard InChI is InChI=1S/C20H14F4N2O3/c21-14-7-13(11-1-4-16(5-2-11)29-20(22,23)24)8-15(10-14)26-18-9-12(19(27)28)3-6-17(18)25/h1-10,26H,25H2,(H,27,28). The maximum Gasteiger partial charge on any atom is 0.573 e. The van der Waals surface area contributed by atoms with Crippen LogP contribution in [0.4, 0.5) is 34.6 Å². The lowest BCUT2D eigenvalue weighted by Crippen LogP contribution is -2.16. The van der Waals surface area contributed by atoms with E-state index in [-0.39, 0.29) is 22.6 Å². The second-order valence-corrected chi connectivity index (χ2v) is 6.03. The number of nitrogen functional groups attached to an aromatic ring is 1. The lowest BCUT2D eigenvalue weighted by Gasteiger charge is -2.13. The third kappa shape index (κ3) is 5.16. The van der Waals surface area contributed by atoms with Gasteiger partial charge >= 0.3 is 12.3 Å². The van der Waals surface area contributed by atoms with Crippen LogP contribution in [-0.4, -0.2) is 17.4 Å². The fraction of sp³-hybridized carbons (Fsp3) is 0.0500. The second-order valence-electron chi connectivity index (χ2n) is 6.03. The van der Waals surface area contributed by atoms with Crippen molar-refractivity contribution in [3.8, 4) is 16.9 Å². The van der Waals surface area contributed by atoms with E-state index in [1.54, 1.807) is 6.07 Å². The van der Waals surface area contributed by atoms with E-state index in [1.165, 1.54) is 42.5 Å². The number of benzene rings is 3. The van der Waals surface area contributed by atoms with Gasteiger partial charge in [-0.25, -0.2) is 9.18 Å². The van der Waals surface area contributed by atoms with Gasteiger partial charge in [-0.15, -0.1) is 13.2 Å². The van der Waals surface area contributed by atoms with Gasteiger partial charge in [0.2, 0.25) is 0 Å². The maximum absolute atomic E-state index is 14.1. The zero-order chi connectivity index (χ0) is 21.2. The van der Waals surface area contributed by atoms with Crippen LogP contribution in [0.2, 0.25) is 0 Å². The molecule has 0 aliphatic heterocycles. The first-order chi connectivity index (χ1) is 13.6. The van der Waals surface area contributed by atoms with Crippen LogP contribution in [0, 0.1) is 5.82 Å². The molecule has 0 aliphatic carbocycles. The summed E-state index contributed by atoms with van der Waals surface area (Å²) >= 11 is 0. The normalized spacial score (nSPS) is 11.2. The van der Waals surface area contributed by atoms with E-state index in [0.717, 1.165) is 12.1 Å². The molecule has 0 fully saturated rings. The molecule has 5 nitrogen and oxygen atoms in total. The number of anilines is 3. The fourth-order valence-corrected chi connectivity index (χ4v) is 2.63. The summed E-state index contributed by atoms with van der Waals surface area (Å²) in [5.41, 5.74) is 7.49.